The van der Waals surface area contributed by atoms with E-state index in [0.29, 0.717) is 5.71 Å². The normalized spacial score (nSPS) is 11.1. The van der Waals surface area contributed by atoms with Crippen molar-refractivity contribution in [1.29, 1.82) is 0 Å². The van der Waals surface area contributed by atoms with Crippen LogP contribution in [0.3, 0.4) is 0 Å². The van der Waals surface area contributed by atoms with Gasteiger partial charge in [0, 0.05) is 11.1 Å². The van der Waals surface area contributed by atoms with Gasteiger partial charge in [-0.2, -0.15) is 0 Å². The Hall–Kier alpha value is -3.79. The maximum atomic E-state index is 11.9. The highest BCUT2D eigenvalue weighted by Crippen LogP contribution is 2.08. The number of hydrogen-bond donors (Lipinski definition) is 3. The van der Waals surface area contributed by atoms with E-state index in [9.17, 15) is 4.79 Å². The summed E-state index contributed by atoms with van der Waals surface area (Å²) in [5.41, 5.74) is 13.1. The zero-order valence-electron chi connectivity index (χ0n) is 16.8. The minimum absolute atomic E-state index is 0.0980. The van der Waals surface area contributed by atoms with E-state index in [1.54, 1.807) is 20.8 Å². The van der Waals surface area contributed by atoms with Gasteiger partial charge in [-0.3, -0.25) is 0 Å². The molecular weight excluding hydrogens is 366 g/mol. The van der Waals surface area contributed by atoms with Crippen molar-refractivity contribution < 1.29 is 9.53 Å². The van der Waals surface area contributed by atoms with E-state index in [0.717, 1.165) is 16.7 Å². The number of amides is 1. The molecule has 2 aromatic rings. The number of nitrogens with one attached hydrogen (secondary N) is 1. The SMILES string of the molecule is CC(C)(C)OC(=O)NC/C(=N\N=C(N)N)c1ccc(C#Cc2ccccc2)cc1. The lowest BCUT2D eigenvalue weighted by molar-refractivity contribution is 0.0536. The van der Waals surface area contributed by atoms with Crippen molar-refractivity contribution in [2.45, 2.75) is 26.4 Å². The third-order valence-corrected chi connectivity index (χ3v) is 3.43. The highest BCUT2D eigenvalue weighted by Gasteiger charge is 2.16. The fraction of sp³-hybridized carbons (Fsp3) is 0.227. The summed E-state index contributed by atoms with van der Waals surface area (Å²) in [5, 5.41) is 10.4. The lowest BCUT2D eigenvalue weighted by Crippen LogP contribution is -2.35. The molecule has 0 unspecified atom stereocenters. The number of rotatable bonds is 4. The molecule has 7 nitrogen and oxygen atoms in total. The van der Waals surface area contributed by atoms with Gasteiger partial charge in [0.1, 0.15) is 5.60 Å². The van der Waals surface area contributed by atoms with Gasteiger partial charge < -0.3 is 21.5 Å². The Morgan fingerprint density at radius 1 is 0.966 bits per heavy atom. The minimum atomic E-state index is -0.597. The van der Waals surface area contributed by atoms with Crippen molar-refractivity contribution in [3.8, 4) is 11.8 Å². The van der Waals surface area contributed by atoms with Crippen molar-refractivity contribution in [2.24, 2.45) is 21.7 Å². The zero-order chi connectivity index (χ0) is 21.3. The van der Waals surface area contributed by atoms with Gasteiger partial charge in [-0.15, -0.1) is 10.2 Å². The van der Waals surface area contributed by atoms with Crippen LogP contribution >= 0.6 is 0 Å². The Labute approximate surface area is 170 Å². The van der Waals surface area contributed by atoms with Crippen LogP contribution in [0.1, 0.15) is 37.5 Å². The van der Waals surface area contributed by atoms with Gasteiger partial charge in [-0.1, -0.05) is 42.2 Å². The van der Waals surface area contributed by atoms with Crippen molar-refractivity contribution >= 4 is 17.8 Å². The summed E-state index contributed by atoms with van der Waals surface area (Å²) in [6.45, 7) is 5.46. The van der Waals surface area contributed by atoms with E-state index in [4.69, 9.17) is 16.2 Å². The number of ether oxygens (including phenoxy) is 1. The quantitative estimate of drug-likeness (QED) is 0.321. The Morgan fingerprint density at radius 3 is 2.10 bits per heavy atom. The first-order valence-electron chi connectivity index (χ1n) is 9.03. The predicted octanol–water partition coefficient (Wildman–Crippen LogP) is 2.59. The number of nitrogens with zero attached hydrogens (tertiary/aromatic N) is 2. The number of benzene rings is 2. The maximum Gasteiger partial charge on any atom is 0.407 e. The van der Waals surface area contributed by atoms with Crippen molar-refractivity contribution in [2.75, 3.05) is 6.54 Å². The largest absolute Gasteiger partial charge is 0.444 e. The van der Waals surface area contributed by atoms with Crippen LogP contribution in [-0.4, -0.2) is 29.9 Å². The first-order chi connectivity index (χ1) is 13.7. The fourth-order valence-corrected chi connectivity index (χ4v) is 2.20. The Morgan fingerprint density at radius 2 is 1.55 bits per heavy atom. The van der Waals surface area contributed by atoms with Crippen LogP contribution in [0, 0.1) is 11.8 Å². The van der Waals surface area contributed by atoms with Gasteiger partial charge >= 0.3 is 6.09 Å². The zero-order valence-corrected chi connectivity index (χ0v) is 16.8. The van der Waals surface area contributed by atoms with Crippen LogP contribution in [0.15, 0.2) is 64.8 Å². The van der Waals surface area contributed by atoms with Crippen LogP contribution in [0.4, 0.5) is 4.79 Å². The van der Waals surface area contributed by atoms with Crippen LogP contribution in [0.2, 0.25) is 0 Å². The van der Waals surface area contributed by atoms with Crippen LogP contribution < -0.4 is 16.8 Å². The van der Waals surface area contributed by atoms with E-state index in [-0.39, 0.29) is 12.5 Å². The molecule has 0 radical (unpaired) electrons. The molecule has 0 spiro atoms. The highest BCUT2D eigenvalue weighted by atomic mass is 16.6. The molecule has 0 bridgehead atoms. The second-order valence-corrected chi connectivity index (χ2v) is 7.12. The van der Waals surface area contributed by atoms with Crippen molar-refractivity contribution in [1.82, 2.24) is 5.32 Å². The molecular formula is C22H25N5O2. The summed E-state index contributed by atoms with van der Waals surface area (Å²) in [6.07, 6.45) is -0.555. The van der Waals surface area contributed by atoms with E-state index >= 15 is 0 Å². The van der Waals surface area contributed by atoms with Gasteiger partial charge in [-0.05, 0) is 50.6 Å². The second kappa shape index (κ2) is 9.95. The summed E-state index contributed by atoms with van der Waals surface area (Å²) >= 11 is 0. The molecule has 2 aromatic carbocycles. The topological polar surface area (TPSA) is 115 Å². The summed E-state index contributed by atoms with van der Waals surface area (Å²) in [7, 11) is 0. The number of alkyl carbamates (subject to hydrolysis) is 1. The average molecular weight is 391 g/mol. The molecule has 0 aliphatic heterocycles. The van der Waals surface area contributed by atoms with Gasteiger partial charge in [0.15, 0.2) is 0 Å². The Bertz CT molecular complexity index is 943. The molecule has 0 saturated heterocycles. The molecule has 0 fully saturated rings. The minimum Gasteiger partial charge on any atom is -0.444 e. The van der Waals surface area contributed by atoms with E-state index in [1.165, 1.54) is 0 Å². The molecule has 1 amide bonds. The van der Waals surface area contributed by atoms with Crippen molar-refractivity contribution in [3.63, 3.8) is 0 Å². The monoisotopic (exact) mass is 391 g/mol. The van der Waals surface area contributed by atoms with Crippen LogP contribution in [-0.2, 0) is 4.74 Å². The number of carbonyl (C=O) groups excluding carboxylic acids is 1. The van der Waals surface area contributed by atoms with Gasteiger partial charge in [0.25, 0.3) is 0 Å². The summed E-state index contributed by atoms with van der Waals surface area (Å²) in [4.78, 5) is 11.9. The molecule has 0 heterocycles. The van der Waals surface area contributed by atoms with E-state index < -0.39 is 11.7 Å². The number of nitrogens with two attached hydrogens (primary N) is 2. The average Bonchev–Trinajstić information content (AvgIpc) is 2.66. The second-order valence-electron chi connectivity index (χ2n) is 7.12. The number of carbonyl (C=O) groups is 1. The predicted molar refractivity (Wildman–Crippen MR) is 115 cm³/mol. The smallest absolute Gasteiger partial charge is 0.407 e. The molecule has 0 saturated carbocycles. The van der Waals surface area contributed by atoms with Gasteiger partial charge in [0.2, 0.25) is 5.96 Å². The van der Waals surface area contributed by atoms with Gasteiger partial charge in [-0.25, -0.2) is 4.79 Å². The first-order valence-corrected chi connectivity index (χ1v) is 9.03. The molecule has 0 aliphatic rings. The van der Waals surface area contributed by atoms with E-state index in [1.807, 2.05) is 54.6 Å². The Balaban J connectivity index is 2.14. The van der Waals surface area contributed by atoms with Crippen LogP contribution in [0.5, 0.6) is 0 Å². The molecule has 5 N–H and O–H groups in total. The number of hydrogen-bond acceptors (Lipinski definition) is 4. The summed E-state index contributed by atoms with van der Waals surface area (Å²) in [6, 6.07) is 17.1. The first kappa shape index (κ1) is 21.5. The van der Waals surface area contributed by atoms with Crippen LogP contribution in [0.25, 0.3) is 0 Å². The highest BCUT2D eigenvalue weighted by molar-refractivity contribution is 6.03. The standard InChI is InChI=1S/C22H25N5O2/c1-22(2,3)29-21(28)25-15-19(26-27-20(23)24)18-13-11-17(12-14-18)10-9-16-7-5-4-6-8-16/h4-8,11-14H,15H2,1-3H3,(H,25,28)(H4,23,24,27)/b26-19+. The lowest BCUT2D eigenvalue weighted by atomic mass is 10.1. The molecule has 150 valence electrons. The lowest BCUT2D eigenvalue weighted by Gasteiger charge is -2.19. The third kappa shape index (κ3) is 8.18. The molecule has 0 aliphatic carbocycles. The third-order valence-electron chi connectivity index (χ3n) is 3.43. The summed E-state index contributed by atoms with van der Waals surface area (Å²) < 4.78 is 5.23. The van der Waals surface area contributed by atoms with Gasteiger partial charge in [0.05, 0.1) is 12.3 Å². The molecule has 29 heavy (non-hydrogen) atoms. The summed E-state index contributed by atoms with van der Waals surface area (Å²) in [5.74, 6) is 6.03. The number of guanidine groups is 1. The molecule has 7 heteroatoms. The molecule has 0 atom stereocenters. The molecule has 2 rings (SSSR count). The Kier molecular flexibility index (Phi) is 7.38. The molecule has 0 aromatic heterocycles. The van der Waals surface area contributed by atoms with E-state index in [2.05, 4.69) is 27.4 Å². The van der Waals surface area contributed by atoms with Crippen molar-refractivity contribution in [3.05, 3.63) is 71.3 Å². The fourth-order valence-electron chi connectivity index (χ4n) is 2.20. The maximum absolute atomic E-state index is 11.9.